The van der Waals surface area contributed by atoms with Crippen molar-refractivity contribution >= 4 is 104 Å². The maximum Gasteiger partial charge on any atom is 0.322 e. The Morgan fingerprint density at radius 1 is 0.636 bits per heavy atom. The van der Waals surface area contributed by atoms with E-state index in [1.54, 1.807) is 0 Å². The van der Waals surface area contributed by atoms with E-state index in [0.717, 1.165) is 12.1 Å². The smallest absolute Gasteiger partial charge is 0.322 e. The Balaban J connectivity index is 1.76. The van der Waals surface area contributed by atoms with Crippen molar-refractivity contribution < 1.29 is 28.9 Å². The first-order chi connectivity index (χ1) is 20.5. The Bertz CT molecular complexity index is 1420. The zero-order valence-corrected chi connectivity index (χ0v) is 26.0. The van der Waals surface area contributed by atoms with Crippen LogP contribution in [0.5, 0.6) is 11.5 Å². The van der Waals surface area contributed by atoms with Crippen molar-refractivity contribution in [2.75, 3.05) is 10.6 Å². The van der Waals surface area contributed by atoms with Crippen LogP contribution in [0.25, 0.3) is 0 Å². The van der Waals surface area contributed by atoms with E-state index >= 15 is 0 Å². The van der Waals surface area contributed by atoms with Gasteiger partial charge in [-0.25, -0.2) is 9.59 Å². The fourth-order valence-electron chi connectivity index (χ4n) is 3.22. The number of nitro groups is 2. The molecule has 0 aliphatic carbocycles. The molecule has 0 radical (unpaired) electrons. The fraction of sp³-hybridized carbons (Fsp3) is 0.167. The SMILES string of the molecule is O=C(Nc1cccc([N+](=O)[O-])c1)N[C@@H](Oc1ccccc1O[C@H](NC(=O)Nc1cccc([N+](=O)[O-])c1)C(Cl)(Cl)Cl)C(Cl)(Cl)Cl. The minimum atomic E-state index is -2.28. The number of hydrogen-bond acceptors (Lipinski definition) is 8. The van der Waals surface area contributed by atoms with Crippen molar-refractivity contribution in [1.29, 1.82) is 0 Å². The van der Waals surface area contributed by atoms with E-state index in [-0.39, 0.29) is 34.2 Å². The Hall–Kier alpha value is -3.66. The maximum absolute atomic E-state index is 12.6. The molecule has 0 spiro atoms. The van der Waals surface area contributed by atoms with Crippen molar-refractivity contribution in [2.24, 2.45) is 0 Å². The summed E-state index contributed by atoms with van der Waals surface area (Å²) in [6, 6.07) is 13.9. The number of halogens is 6. The zero-order chi connectivity index (χ0) is 32.7. The number of urea groups is 2. The van der Waals surface area contributed by atoms with Crippen LogP contribution in [0.2, 0.25) is 0 Å². The van der Waals surface area contributed by atoms with Gasteiger partial charge in [0.1, 0.15) is 0 Å². The van der Waals surface area contributed by atoms with Gasteiger partial charge in [0, 0.05) is 35.6 Å². The van der Waals surface area contributed by atoms with Gasteiger partial charge in [-0.05, 0) is 24.3 Å². The van der Waals surface area contributed by atoms with E-state index < -0.39 is 41.9 Å². The minimum absolute atomic E-state index is 0.0588. The molecule has 0 aliphatic heterocycles. The molecule has 2 atom stereocenters. The molecule has 3 aromatic carbocycles. The molecule has 0 unspecified atom stereocenters. The third kappa shape index (κ3) is 10.5. The maximum atomic E-state index is 12.6. The van der Waals surface area contributed by atoms with Crippen LogP contribution in [0.4, 0.5) is 32.3 Å². The molecule has 0 bridgehead atoms. The lowest BCUT2D eigenvalue weighted by atomic mass is 10.3. The van der Waals surface area contributed by atoms with Gasteiger partial charge in [0.25, 0.3) is 11.4 Å². The number of carbonyl (C=O) groups excluding carboxylic acids is 2. The van der Waals surface area contributed by atoms with Crippen molar-refractivity contribution in [3.05, 3.63) is 93.0 Å². The highest BCUT2D eigenvalue weighted by atomic mass is 35.6. The lowest BCUT2D eigenvalue weighted by molar-refractivity contribution is -0.385. The number of ether oxygens (including phenoxy) is 2. The molecule has 0 saturated heterocycles. The van der Waals surface area contributed by atoms with E-state index in [0.29, 0.717) is 0 Å². The molecule has 0 saturated carbocycles. The number of hydrogen-bond donors (Lipinski definition) is 4. The summed E-state index contributed by atoms with van der Waals surface area (Å²) in [6.07, 6.45) is -3.38. The molecule has 20 heteroatoms. The monoisotopic (exact) mass is 728 g/mol. The van der Waals surface area contributed by atoms with E-state index in [1.165, 1.54) is 60.7 Å². The summed E-state index contributed by atoms with van der Waals surface area (Å²) in [5.41, 5.74) is -0.440. The molecule has 0 heterocycles. The van der Waals surface area contributed by atoms with Crippen molar-refractivity contribution in [2.45, 2.75) is 20.0 Å². The molecule has 0 aromatic heterocycles. The summed E-state index contributed by atoms with van der Waals surface area (Å²) >= 11 is 36.2. The highest BCUT2D eigenvalue weighted by Gasteiger charge is 2.39. The number of para-hydroxylation sites is 2. The average Bonchev–Trinajstić information content (AvgIpc) is 2.92. The summed E-state index contributed by atoms with van der Waals surface area (Å²) in [5.74, 6) is -0.306. The van der Waals surface area contributed by atoms with Crippen LogP contribution in [-0.4, -0.2) is 41.9 Å². The molecule has 4 amide bonds. The summed E-state index contributed by atoms with van der Waals surface area (Å²) in [7, 11) is 0. The van der Waals surface area contributed by atoms with Crippen LogP contribution in [-0.2, 0) is 0 Å². The quantitative estimate of drug-likeness (QED) is 0.0724. The normalized spacial score (nSPS) is 12.7. The number of nitro benzene ring substituents is 2. The highest BCUT2D eigenvalue weighted by Crippen LogP contribution is 2.38. The lowest BCUT2D eigenvalue weighted by Gasteiger charge is -2.29. The molecule has 14 nitrogen and oxygen atoms in total. The van der Waals surface area contributed by atoms with Gasteiger partial charge in [0.15, 0.2) is 11.5 Å². The second kappa shape index (κ2) is 14.9. The van der Waals surface area contributed by atoms with E-state index in [9.17, 15) is 29.8 Å². The van der Waals surface area contributed by atoms with Crippen molar-refractivity contribution in [3.63, 3.8) is 0 Å². The Kier molecular flexibility index (Phi) is 11.8. The van der Waals surface area contributed by atoms with E-state index in [4.69, 9.17) is 79.1 Å². The molecular weight excluding hydrogens is 713 g/mol. The van der Waals surface area contributed by atoms with E-state index in [2.05, 4.69) is 21.3 Å². The van der Waals surface area contributed by atoms with Crippen LogP contribution < -0.4 is 30.7 Å². The van der Waals surface area contributed by atoms with Crippen molar-refractivity contribution in [3.8, 4) is 11.5 Å². The Labute approximate surface area is 278 Å². The third-order valence-corrected chi connectivity index (χ3v) is 6.28. The third-order valence-electron chi connectivity index (χ3n) is 5.09. The predicted molar refractivity (Wildman–Crippen MR) is 166 cm³/mol. The van der Waals surface area contributed by atoms with Crippen LogP contribution in [0, 0.1) is 20.2 Å². The molecule has 4 N–H and O–H groups in total. The fourth-order valence-corrected chi connectivity index (χ4v) is 3.82. The number of nitrogens with one attached hydrogen (secondary N) is 4. The lowest BCUT2D eigenvalue weighted by Crippen LogP contribution is -2.50. The number of non-ortho nitro benzene ring substituents is 2. The first kappa shape index (κ1) is 34.8. The molecule has 0 fully saturated rings. The van der Waals surface area contributed by atoms with E-state index in [1.807, 2.05) is 0 Å². The zero-order valence-electron chi connectivity index (χ0n) is 21.5. The standard InChI is InChI=1S/C24H18Cl6N6O8/c25-23(26,27)19(33-21(37)31-13-5-3-7-15(11-13)35(39)40)43-17-9-1-2-10-18(17)44-20(24(28,29)30)34-22(38)32-14-6-4-8-16(12-14)36(41)42/h1-12,19-20H,(H2,31,33,37)(H2,32,34,38)/t19-,20-/m0/s1. The summed E-state index contributed by atoms with van der Waals surface area (Å²) in [5, 5.41) is 31.3. The number of carbonyl (C=O) groups is 2. The first-order valence-corrected chi connectivity index (χ1v) is 14.0. The van der Waals surface area contributed by atoms with Gasteiger partial charge in [-0.3, -0.25) is 30.9 Å². The summed E-state index contributed by atoms with van der Waals surface area (Å²) in [6.45, 7) is 0. The number of rotatable bonds is 10. The largest absolute Gasteiger partial charge is 0.462 e. The van der Waals surface area contributed by atoms with Crippen LogP contribution in [0.3, 0.4) is 0 Å². The van der Waals surface area contributed by atoms with Crippen molar-refractivity contribution in [1.82, 2.24) is 10.6 Å². The number of amides is 4. The number of nitrogens with zero attached hydrogens (tertiary/aromatic N) is 2. The van der Waals surface area contributed by atoms with Crippen LogP contribution in [0.1, 0.15) is 0 Å². The molecule has 234 valence electrons. The summed E-state index contributed by atoms with van der Waals surface area (Å²) in [4.78, 5) is 46.0. The second-order valence-electron chi connectivity index (χ2n) is 8.34. The van der Waals surface area contributed by atoms with Gasteiger partial charge < -0.3 is 20.1 Å². The Morgan fingerprint density at radius 3 is 1.32 bits per heavy atom. The molecule has 0 aliphatic rings. The minimum Gasteiger partial charge on any atom is -0.462 e. The van der Waals surface area contributed by atoms with Crippen LogP contribution in [0.15, 0.2) is 72.8 Å². The molecule has 3 rings (SSSR count). The van der Waals surface area contributed by atoms with Gasteiger partial charge in [-0.15, -0.1) is 0 Å². The topological polar surface area (TPSA) is 187 Å². The van der Waals surface area contributed by atoms with Gasteiger partial charge >= 0.3 is 12.1 Å². The molecule has 3 aromatic rings. The van der Waals surface area contributed by atoms with Gasteiger partial charge in [0.2, 0.25) is 20.0 Å². The van der Waals surface area contributed by atoms with Gasteiger partial charge in [-0.1, -0.05) is 93.9 Å². The van der Waals surface area contributed by atoms with Gasteiger partial charge in [-0.2, -0.15) is 0 Å². The highest BCUT2D eigenvalue weighted by molar-refractivity contribution is 6.68. The molecular formula is C24H18Cl6N6O8. The number of benzene rings is 3. The number of alkyl halides is 6. The van der Waals surface area contributed by atoms with Gasteiger partial charge in [0.05, 0.1) is 9.85 Å². The predicted octanol–water partition coefficient (Wildman–Crippen LogP) is 7.30. The Morgan fingerprint density at radius 2 is 1.00 bits per heavy atom. The summed E-state index contributed by atoms with van der Waals surface area (Å²) < 4.78 is 6.86. The first-order valence-electron chi connectivity index (χ1n) is 11.7. The van der Waals surface area contributed by atoms with Crippen LogP contribution >= 0.6 is 69.6 Å². The number of anilines is 2. The molecule has 44 heavy (non-hydrogen) atoms. The second-order valence-corrected chi connectivity index (χ2v) is 13.1. The average molecular weight is 731 g/mol.